The maximum absolute atomic E-state index is 10.6. The number of hydrogen-bond acceptors (Lipinski definition) is 4. The SMILES string of the molecule is O=C(CBr)OC/C=C\COC(=O)CBr. The van der Waals surface area contributed by atoms with Crippen LogP contribution in [0.4, 0.5) is 0 Å². The summed E-state index contributed by atoms with van der Waals surface area (Å²) in [5.74, 6) is -0.654. The van der Waals surface area contributed by atoms with E-state index in [9.17, 15) is 9.59 Å². The fourth-order valence-corrected chi connectivity index (χ4v) is 0.819. The van der Waals surface area contributed by atoms with Gasteiger partial charge in [0.25, 0.3) is 0 Å². The maximum atomic E-state index is 10.6. The van der Waals surface area contributed by atoms with Crippen LogP contribution in [0.3, 0.4) is 0 Å². The average Bonchev–Trinajstić information content (AvgIpc) is 2.22. The molecule has 0 bridgehead atoms. The monoisotopic (exact) mass is 328 g/mol. The lowest BCUT2D eigenvalue weighted by Crippen LogP contribution is -2.06. The van der Waals surface area contributed by atoms with Crippen LogP contribution in [0.25, 0.3) is 0 Å². The number of carbonyl (C=O) groups excluding carboxylic acids is 2. The van der Waals surface area contributed by atoms with Crippen LogP contribution in [-0.4, -0.2) is 35.8 Å². The Morgan fingerprint density at radius 2 is 1.29 bits per heavy atom. The Morgan fingerprint density at radius 1 is 0.929 bits per heavy atom. The van der Waals surface area contributed by atoms with Crippen LogP contribution in [0.15, 0.2) is 12.2 Å². The molecule has 0 saturated carbocycles. The van der Waals surface area contributed by atoms with Crippen LogP contribution in [-0.2, 0) is 19.1 Å². The van der Waals surface area contributed by atoms with E-state index in [1.54, 1.807) is 12.2 Å². The Labute approximate surface area is 98.9 Å². The van der Waals surface area contributed by atoms with Gasteiger partial charge < -0.3 is 9.47 Å². The Bertz CT molecular complexity index is 193. The van der Waals surface area contributed by atoms with Crippen molar-refractivity contribution in [1.82, 2.24) is 0 Å². The van der Waals surface area contributed by atoms with Gasteiger partial charge in [0.1, 0.15) is 23.9 Å². The molecule has 14 heavy (non-hydrogen) atoms. The van der Waals surface area contributed by atoms with Crippen molar-refractivity contribution in [3.8, 4) is 0 Å². The van der Waals surface area contributed by atoms with Crippen LogP contribution in [0, 0.1) is 0 Å². The number of hydrogen-bond donors (Lipinski definition) is 0. The van der Waals surface area contributed by atoms with E-state index in [2.05, 4.69) is 31.9 Å². The first-order valence-electron chi connectivity index (χ1n) is 3.79. The summed E-state index contributed by atoms with van der Waals surface area (Å²) in [6.45, 7) is 0.382. The molecule has 0 fully saturated rings. The van der Waals surface area contributed by atoms with Gasteiger partial charge in [-0.05, 0) is 12.2 Å². The minimum absolute atomic E-state index is 0.180. The number of esters is 2. The van der Waals surface area contributed by atoms with Gasteiger partial charge in [0.05, 0.1) is 0 Å². The molecule has 0 unspecified atom stereocenters. The predicted molar refractivity (Wildman–Crippen MR) is 58.6 cm³/mol. The normalized spacial score (nSPS) is 10.1. The quantitative estimate of drug-likeness (QED) is 0.420. The average molecular weight is 330 g/mol. The highest BCUT2D eigenvalue weighted by atomic mass is 79.9. The second-order valence-electron chi connectivity index (χ2n) is 2.10. The molecule has 4 nitrogen and oxygen atoms in total. The minimum atomic E-state index is -0.327. The summed E-state index contributed by atoms with van der Waals surface area (Å²) in [6.07, 6.45) is 3.23. The third-order valence-corrected chi connectivity index (χ3v) is 1.98. The van der Waals surface area contributed by atoms with Gasteiger partial charge >= 0.3 is 11.9 Å². The summed E-state index contributed by atoms with van der Waals surface area (Å²) >= 11 is 5.91. The molecule has 0 spiro atoms. The van der Waals surface area contributed by atoms with Crippen molar-refractivity contribution in [2.75, 3.05) is 23.9 Å². The van der Waals surface area contributed by atoms with Gasteiger partial charge in [-0.3, -0.25) is 9.59 Å². The van der Waals surface area contributed by atoms with Gasteiger partial charge in [0.15, 0.2) is 0 Å². The van der Waals surface area contributed by atoms with Crippen LogP contribution in [0.2, 0.25) is 0 Å². The molecule has 0 N–H and O–H groups in total. The molecular weight excluding hydrogens is 320 g/mol. The van der Waals surface area contributed by atoms with Gasteiger partial charge in [0, 0.05) is 0 Å². The van der Waals surface area contributed by atoms with Crippen LogP contribution in [0.5, 0.6) is 0 Å². The van der Waals surface area contributed by atoms with Gasteiger partial charge in [-0.1, -0.05) is 31.9 Å². The smallest absolute Gasteiger partial charge is 0.316 e. The largest absolute Gasteiger partial charge is 0.461 e. The van der Waals surface area contributed by atoms with E-state index >= 15 is 0 Å². The molecule has 0 radical (unpaired) electrons. The second kappa shape index (κ2) is 9.21. The molecule has 0 aliphatic carbocycles. The highest BCUT2D eigenvalue weighted by Gasteiger charge is 1.96. The van der Waals surface area contributed by atoms with E-state index in [1.807, 2.05) is 0 Å². The molecular formula is C8H10Br2O4. The van der Waals surface area contributed by atoms with E-state index in [1.165, 1.54) is 0 Å². The number of rotatable bonds is 6. The van der Waals surface area contributed by atoms with Crippen LogP contribution in [0.1, 0.15) is 0 Å². The van der Waals surface area contributed by atoms with Gasteiger partial charge in [-0.25, -0.2) is 0 Å². The van der Waals surface area contributed by atoms with E-state index < -0.39 is 0 Å². The highest BCUT2D eigenvalue weighted by Crippen LogP contribution is 1.88. The summed E-state index contributed by atoms with van der Waals surface area (Å²) in [6, 6.07) is 0. The van der Waals surface area contributed by atoms with Crippen molar-refractivity contribution in [3.05, 3.63) is 12.2 Å². The lowest BCUT2D eigenvalue weighted by Gasteiger charge is -1.98. The lowest BCUT2D eigenvalue weighted by molar-refractivity contribution is -0.140. The van der Waals surface area contributed by atoms with Crippen LogP contribution >= 0.6 is 31.9 Å². The minimum Gasteiger partial charge on any atom is -0.461 e. The summed E-state index contributed by atoms with van der Waals surface area (Å²) < 4.78 is 9.40. The zero-order valence-electron chi connectivity index (χ0n) is 7.37. The Kier molecular flexibility index (Phi) is 8.97. The van der Waals surface area contributed by atoms with Crippen molar-refractivity contribution < 1.29 is 19.1 Å². The zero-order valence-corrected chi connectivity index (χ0v) is 10.5. The molecule has 0 aliphatic heterocycles. The van der Waals surface area contributed by atoms with Gasteiger partial charge in [0.2, 0.25) is 0 Å². The van der Waals surface area contributed by atoms with E-state index in [0.717, 1.165) is 0 Å². The molecule has 0 atom stereocenters. The van der Waals surface area contributed by atoms with Gasteiger partial charge in [-0.2, -0.15) is 0 Å². The molecule has 0 amide bonds. The van der Waals surface area contributed by atoms with Crippen LogP contribution < -0.4 is 0 Å². The van der Waals surface area contributed by atoms with Crippen molar-refractivity contribution in [1.29, 1.82) is 0 Å². The van der Waals surface area contributed by atoms with Crippen molar-refractivity contribution in [3.63, 3.8) is 0 Å². The molecule has 6 heteroatoms. The first-order chi connectivity index (χ1) is 6.70. The summed E-state index contributed by atoms with van der Waals surface area (Å²) in [4.78, 5) is 21.2. The van der Waals surface area contributed by atoms with E-state index in [-0.39, 0.29) is 35.8 Å². The fourth-order valence-electron chi connectivity index (χ4n) is 0.495. The number of alkyl halides is 2. The van der Waals surface area contributed by atoms with Crippen molar-refractivity contribution >= 4 is 43.8 Å². The summed E-state index contributed by atoms with van der Waals surface area (Å²) in [5.41, 5.74) is 0. The number of carbonyl (C=O) groups is 2. The van der Waals surface area contributed by atoms with E-state index in [0.29, 0.717) is 0 Å². The molecule has 0 aromatic carbocycles. The second-order valence-corrected chi connectivity index (χ2v) is 3.23. The first kappa shape index (κ1) is 13.6. The summed E-state index contributed by atoms with van der Waals surface area (Å²) in [7, 11) is 0. The first-order valence-corrected chi connectivity index (χ1v) is 6.03. The number of ether oxygens (including phenoxy) is 2. The molecule has 0 aromatic rings. The maximum Gasteiger partial charge on any atom is 0.316 e. The predicted octanol–water partition coefficient (Wildman–Crippen LogP) is 1.42. The van der Waals surface area contributed by atoms with Crippen molar-refractivity contribution in [2.24, 2.45) is 0 Å². The lowest BCUT2D eigenvalue weighted by atomic mass is 10.5. The zero-order chi connectivity index (χ0) is 10.8. The standard InChI is InChI=1S/C8H10Br2O4/c9-5-7(11)13-3-1-2-4-14-8(12)6-10/h1-2H,3-6H2/b2-1-. The third-order valence-electron chi connectivity index (χ3n) is 1.07. The van der Waals surface area contributed by atoms with E-state index in [4.69, 9.17) is 9.47 Å². The van der Waals surface area contributed by atoms with Gasteiger partial charge in [-0.15, -0.1) is 0 Å². The molecule has 0 heterocycles. The molecule has 0 aliphatic rings. The van der Waals surface area contributed by atoms with Crippen molar-refractivity contribution in [2.45, 2.75) is 0 Å². The molecule has 0 saturated heterocycles. The molecule has 0 aromatic heterocycles. The Morgan fingerprint density at radius 3 is 1.57 bits per heavy atom. The highest BCUT2D eigenvalue weighted by molar-refractivity contribution is 9.09. The fraction of sp³-hybridized carbons (Fsp3) is 0.500. The Balaban J connectivity index is 3.36. The third kappa shape index (κ3) is 8.25. The Hall–Kier alpha value is -0.360. The topological polar surface area (TPSA) is 52.6 Å². The molecule has 80 valence electrons. The number of halogens is 2. The summed E-state index contributed by atoms with van der Waals surface area (Å²) in [5, 5.41) is 0.360. The molecule has 0 rings (SSSR count).